The summed E-state index contributed by atoms with van der Waals surface area (Å²) in [7, 11) is 1.61. The van der Waals surface area contributed by atoms with Crippen LogP contribution < -0.4 is 10.8 Å². The summed E-state index contributed by atoms with van der Waals surface area (Å²) >= 11 is 0. The summed E-state index contributed by atoms with van der Waals surface area (Å²) in [6, 6.07) is 6.11. The van der Waals surface area contributed by atoms with Gasteiger partial charge in [-0.3, -0.25) is 10.3 Å². The molecule has 0 atom stereocenters. The molecule has 3 nitrogen and oxygen atoms in total. The van der Waals surface area contributed by atoms with E-state index in [1.165, 1.54) is 5.56 Å². The monoisotopic (exact) mass is 180 g/mol. The molecular formula is C10H16N2O. The Kier molecular flexibility index (Phi) is 3.58. The quantitative estimate of drug-likeness (QED) is 0.698. The normalized spacial score (nSPS) is 9.77. The lowest BCUT2D eigenvalue weighted by molar-refractivity contribution is 0.271. The minimum absolute atomic E-state index is 0.941. The molecule has 2 N–H and O–H groups in total. The Hall–Kier alpha value is -1.22. The Bertz CT molecular complexity index is 274. The van der Waals surface area contributed by atoms with E-state index in [1.54, 1.807) is 7.11 Å². The molecule has 0 radical (unpaired) electrons. The molecule has 0 heterocycles. The summed E-state index contributed by atoms with van der Waals surface area (Å²) in [5.74, 6) is 0. The molecule has 1 rings (SSSR count). The predicted molar refractivity (Wildman–Crippen MR) is 56.0 cm³/mol. The van der Waals surface area contributed by atoms with Gasteiger partial charge in [0.1, 0.15) is 0 Å². The molecule has 0 aromatic heterocycles. The van der Waals surface area contributed by atoms with Crippen molar-refractivity contribution >= 4 is 11.4 Å². The zero-order valence-corrected chi connectivity index (χ0v) is 8.35. The average molecular weight is 180 g/mol. The van der Waals surface area contributed by atoms with E-state index >= 15 is 0 Å². The number of rotatable bonds is 4. The first-order valence-electron chi connectivity index (χ1n) is 4.41. The zero-order chi connectivity index (χ0) is 9.68. The van der Waals surface area contributed by atoms with Gasteiger partial charge in [-0.25, -0.2) is 0 Å². The van der Waals surface area contributed by atoms with Gasteiger partial charge >= 0.3 is 0 Å². The second-order valence-corrected chi connectivity index (χ2v) is 2.87. The van der Waals surface area contributed by atoms with Gasteiger partial charge < -0.3 is 5.32 Å². The molecule has 0 saturated carbocycles. The van der Waals surface area contributed by atoms with E-state index in [1.807, 2.05) is 19.1 Å². The number of anilines is 2. The predicted octanol–water partition coefficient (Wildman–Crippen LogP) is 2.40. The van der Waals surface area contributed by atoms with Gasteiger partial charge in [0, 0.05) is 12.2 Å². The van der Waals surface area contributed by atoms with Crippen LogP contribution in [0.25, 0.3) is 0 Å². The van der Waals surface area contributed by atoms with Gasteiger partial charge in [-0.05, 0) is 37.6 Å². The summed E-state index contributed by atoms with van der Waals surface area (Å²) < 4.78 is 0. The Labute approximate surface area is 79.1 Å². The summed E-state index contributed by atoms with van der Waals surface area (Å²) in [4.78, 5) is 4.84. The fraction of sp³-hybridized carbons (Fsp3) is 0.400. The Morgan fingerprint density at radius 1 is 1.38 bits per heavy atom. The number of benzene rings is 1. The van der Waals surface area contributed by atoms with Crippen molar-refractivity contribution in [3.8, 4) is 0 Å². The molecule has 13 heavy (non-hydrogen) atoms. The third-order valence-electron chi connectivity index (χ3n) is 1.82. The SMILES string of the molecule is CCNc1ccc(NOC)c(C)c1. The van der Waals surface area contributed by atoms with E-state index in [2.05, 4.69) is 23.8 Å². The van der Waals surface area contributed by atoms with Gasteiger partial charge in [-0.2, -0.15) is 0 Å². The highest BCUT2D eigenvalue weighted by molar-refractivity contribution is 5.58. The zero-order valence-electron chi connectivity index (χ0n) is 8.35. The number of hydrogen-bond donors (Lipinski definition) is 2. The van der Waals surface area contributed by atoms with Crippen LogP contribution in [0.5, 0.6) is 0 Å². The maximum Gasteiger partial charge on any atom is 0.0636 e. The molecule has 0 fully saturated rings. The van der Waals surface area contributed by atoms with Crippen molar-refractivity contribution in [2.24, 2.45) is 0 Å². The number of nitrogens with one attached hydrogen (secondary N) is 2. The van der Waals surface area contributed by atoms with Crippen molar-refractivity contribution < 1.29 is 4.84 Å². The lowest BCUT2D eigenvalue weighted by atomic mass is 10.2. The van der Waals surface area contributed by atoms with E-state index < -0.39 is 0 Å². The summed E-state index contributed by atoms with van der Waals surface area (Å²) in [6.07, 6.45) is 0. The molecule has 0 unspecified atom stereocenters. The van der Waals surface area contributed by atoms with E-state index in [4.69, 9.17) is 4.84 Å². The van der Waals surface area contributed by atoms with Crippen molar-refractivity contribution in [1.29, 1.82) is 0 Å². The highest BCUT2D eigenvalue weighted by Crippen LogP contribution is 2.19. The minimum atomic E-state index is 0.941. The molecule has 0 aliphatic heterocycles. The molecule has 0 saturated heterocycles. The van der Waals surface area contributed by atoms with Crippen LogP contribution in [0.3, 0.4) is 0 Å². The van der Waals surface area contributed by atoms with Crippen LogP contribution in [0.2, 0.25) is 0 Å². The first-order chi connectivity index (χ1) is 6.27. The van der Waals surface area contributed by atoms with Gasteiger partial charge in [-0.15, -0.1) is 0 Å². The molecule has 1 aromatic rings. The largest absolute Gasteiger partial charge is 0.385 e. The molecule has 0 aliphatic carbocycles. The van der Waals surface area contributed by atoms with Crippen LogP contribution in [-0.4, -0.2) is 13.7 Å². The maximum atomic E-state index is 4.84. The van der Waals surface area contributed by atoms with Crippen LogP contribution in [0, 0.1) is 6.92 Å². The Morgan fingerprint density at radius 2 is 2.15 bits per heavy atom. The van der Waals surface area contributed by atoms with Crippen molar-refractivity contribution in [2.75, 3.05) is 24.5 Å². The van der Waals surface area contributed by atoms with E-state index in [9.17, 15) is 0 Å². The summed E-state index contributed by atoms with van der Waals surface area (Å²) in [5, 5.41) is 3.25. The van der Waals surface area contributed by atoms with Gasteiger partial charge in [0.15, 0.2) is 0 Å². The molecule has 0 aliphatic rings. The van der Waals surface area contributed by atoms with Crippen LogP contribution in [-0.2, 0) is 4.84 Å². The van der Waals surface area contributed by atoms with Gasteiger partial charge in [0.05, 0.1) is 12.8 Å². The van der Waals surface area contributed by atoms with Crippen molar-refractivity contribution in [3.05, 3.63) is 23.8 Å². The van der Waals surface area contributed by atoms with Crippen LogP contribution in [0.15, 0.2) is 18.2 Å². The molecule has 1 aromatic carbocycles. The van der Waals surface area contributed by atoms with Crippen molar-refractivity contribution in [1.82, 2.24) is 0 Å². The van der Waals surface area contributed by atoms with Gasteiger partial charge in [-0.1, -0.05) is 0 Å². The average Bonchev–Trinajstić information content (AvgIpc) is 2.10. The number of hydrogen-bond acceptors (Lipinski definition) is 3. The first kappa shape index (κ1) is 9.86. The van der Waals surface area contributed by atoms with Crippen LogP contribution in [0.1, 0.15) is 12.5 Å². The second kappa shape index (κ2) is 4.72. The van der Waals surface area contributed by atoms with E-state index in [0.717, 1.165) is 17.9 Å². The lowest BCUT2D eigenvalue weighted by Crippen LogP contribution is -2.00. The van der Waals surface area contributed by atoms with Crippen molar-refractivity contribution in [3.63, 3.8) is 0 Å². The summed E-state index contributed by atoms with van der Waals surface area (Å²) in [6.45, 7) is 5.06. The fourth-order valence-corrected chi connectivity index (χ4v) is 1.20. The smallest absolute Gasteiger partial charge is 0.0636 e. The van der Waals surface area contributed by atoms with Gasteiger partial charge in [0.25, 0.3) is 0 Å². The van der Waals surface area contributed by atoms with E-state index in [0.29, 0.717) is 0 Å². The highest BCUT2D eigenvalue weighted by Gasteiger charge is 1.97. The molecular weight excluding hydrogens is 164 g/mol. The lowest BCUT2D eigenvalue weighted by Gasteiger charge is -2.09. The van der Waals surface area contributed by atoms with Crippen LogP contribution >= 0.6 is 0 Å². The second-order valence-electron chi connectivity index (χ2n) is 2.87. The Balaban J connectivity index is 2.79. The molecule has 72 valence electrons. The number of aryl methyl sites for hydroxylation is 1. The highest BCUT2D eigenvalue weighted by atomic mass is 16.6. The third-order valence-corrected chi connectivity index (χ3v) is 1.82. The van der Waals surface area contributed by atoms with E-state index in [-0.39, 0.29) is 0 Å². The van der Waals surface area contributed by atoms with Gasteiger partial charge in [0.2, 0.25) is 0 Å². The summed E-state index contributed by atoms with van der Waals surface area (Å²) in [5.41, 5.74) is 6.13. The first-order valence-corrected chi connectivity index (χ1v) is 4.41. The topological polar surface area (TPSA) is 33.3 Å². The fourth-order valence-electron chi connectivity index (χ4n) is 1.20. The standard InChI is InChI=1S/C10H16N2O/c1-4-11-9-5-6-10(12-13-3)8(2)7-9/h5-7,11-12H,4H2,1-3H3. The maximum absolute atomic E-state index is 4.84. The molecule has 0 bridgehead atoms. The Morgan fingerprint density at radius 3 is 2.69 bits per heavy atom. The third kappa shape index (κ3) is 2.63. The van der Waals surface area contributed by atoms with Crippen molar-refractivity contribution in [2.45, 2.75) is 13.8 Å². The molecule has 0 spiro atoms. The van der Waals surface area contributed by atoms with Crippen LogP contribution in [0.4, 0.5) is 11.4 Å². The molecule has 0 amide bonds. The molecule has 3 heteroatoms. The minimum Gasteiger partial charge on any atom is -0.385 e.